The van der Waals surface area contributed by atoms with Crippen LogP contribution in [0.1, 0.15) is 29.7 Å². The van der Waals surface area contributed by atoms with Crippen LogP contribution in [0.4, 0.5) is 5.69 Å². The van der Waals surface area contributed by atoms with Crippen LogP contribution in [-0.2, 0) is 4.79 Å². The van der Waals surface area contributed by atoms with Gasteiger partial charge in [0.1, 0.15) is 0 Å². The van der Waals surface area contributed by atoms with Gasteiger partial charge < -0.3 is 5.32 Å². The lowest BCUT2D eigenvalue weighted by molar-refractivity contribution is -0.117. The summed E-state index contributed by atoms with van der Waals surface area (Å²) in [6, 6.07) is 10.1. The Morgan fingerprint density at radius 2 is 1.91 bits per heavy atom. The monoisotopic (exact) mass is 297 g/mol. The van der Waals surface area contributed by atoms with E-state index in [1.807, 2.05) is 50.1 Å². The van der Waals surface area contributed by atoms with Crippen molar-refractivity contribution in [3.63, 3.8) is 0 Å². The summed E-state index contributed by atoms with van der Waals surface area (Å²) in [6.07, 6.45) is 3.55. The highest BCUT2D eigenvalue weighted by molar-refractivity contribution is 5.93. The van der Waals surface area contributed by atoms with Crippen LogP contribution in [0.25, 0.3) is 0 Å². The van der Waals surface area contributed by atoms with Crippen LogP contribution in [0, 0.1) is 13.8 Å². The number of nitrogens with zero attached hydrogens (tertiary/aromatic N) is 2. The zero-order valence-electron chi connectivity index (χ0n) is 13.6. The zero-order chi connectivity index (χ0) is 16.1. The Balaban J connectivity index is 1.96. The minimum Gasteiger partial charge on any atom is -0.325 e. The molecule has 1 N–H and O–H groups in total. The standard InChI is InChI=1S/C18H23N3O/c1-13-5-6-17(14(2)11-13)20-18(22)12-21(4)15(3)16-7-9-19-10-8-16/h5-11,15H,12H2,1-4H3,(H,20,22)/t15-/m0/s1. The van der Waals surface area contributed by atoms with Crippen molar-refractivity contribution in [1.82, 2.24) is 9.88 Å². The predicted molar refractivity (Wildman–Crippen MR) is 89.8 cm³/mol. The number of rotatable bonds is 5. The molecule has 1 amide bonds. The Morgan fingerprint density at radius 1 is 1.23 bits per heavy atom. The molecule has 22 heavy (non-hydrogen) atoms. The molecule has 1 aromatic carbocycles. The maximum absolute atomic E-state index is 12.2. The molecule has 0 aliphatic heterocycles. The molecular weight excluding hydrogens is 274 g/mol. The third-order valence-corrected chi connectivity index (χ3v) is 3.90. The van der Waals surface area contributed by atoms with E-state index in [-0.39, 0.29) is 11.9 Å². The van der Waals surface area contributed by atoms with Gasteiger partial charge in [-0.1, -0.05) is 17.7 Å². The van der Waals surface area contributed by atoms with Gasteiger partial charge in [-0.2, -0.15) is 0 Å². The molecule has 116 valence electrons. The molecule has 4 nitrogen and oxygen atoms in total. The summed E-state index contributed by atoms with van der Waals surface area (Å²) in [5.74, 6) is -0.00430. The molecule has 2 rings (SSSR count). The van der Waals surface area contributed by atoms with Gasteiger partial charge in [-0.25, -0.2) is 0 Å². The van der Waals surface area contributed by atoms with Gasteiger partial charge in [-0.15, -0.1) is 0 Å². The summed E-state index contributed by atoms with van der Waals surface area (Å²) in [5.41, 5.74) is 4.30. The smallest absolute Gasteiger partial charge is 0.238 e. The van der Waals surface area contributed by atoms with Gasteiger partial charge in [0.05, 0.1) is 6.54 Å². The number of amides is 1. The van der Waals surface area contributed by atoms with E-state index >= 15 is 0 Å². The largest absolute Gasteiger partial charge is 0.325 e. The van der Waals surface area contributed by atoms with Crippen molar-refractivity contribution < 1.29 is 4.79 Å². The van der Waals surface area contributed by atoms with Crippen LogP contribution in [0.5, 0.6) is 0 Å². The number of pyridine rings is 1. The van der Waals surface area contributed by atoms with Crippen molar-refractivity contribution in [2.75, 3.05) is 18.9 Å². The molecule has 0 aliphatic rings. The molecule has 0 fully saturated rings. The van der Waals surface area contributed by atoms with Gasteiger partial charge in [-0.3, -0.25) is 14.7 Å². The first-order valence-corrected chi connectivity index (χ1v) is 7.44. The van der Waals surface area contributed by atoms with Crippen LogP contribution in [0.2, 0.25) is 0 Å². The second-order valence-corrected chi connectivity index (χ2v) is 5.74. The molecule has 0 bridgehead atoms. The van der Waals surface area contributed by atoms with Crippen LogP contribution in [-0.4, -0.2) is 29.4 Å². The highest BCUT2D eigenvalue weighted by Gasteiger charge is 2.15. The minimum absolute atomic E-state index is 0.00430. The number of nitrogens with one attached hydrogen (secondary N) is 1. The highest BCUT2D eigenvalue weighted by atomic mass is 16.2. The van der Waals surface area contributed by atoms with E-state index in [1.165, 1.54) is 5.56 Å². The van der Waals surface area contributed by atoms with Gasteiger partial charge in [0.15, 0.2) is 0 Å². The molecule has 1 aromatic heterocycles. The van der Waals surface area contributed by atoms with Crippen molar-refractivity contribution >= 4 is 11.6 Å². The first kappa shape index (κ1) is 16.2. The number of carbonyl (C=O) groups excluding carboxylic acids is 1. The number of hydrogen-bond donors (Lipinski definition) is 1. The van der Waals surface area contributed by atoms with E-state index in [1.54, 1.807) is 12.4 Å². The van der Waals surface area contributed by atoms with Gasteiger partial charge in [-0.05, 0) is 57.1 Å². The van der Waals surface area contributed by atoms with Crippen LogP contribution in [0.3, 0.4) is 0 Å². The number of aromatic nitrogens is 1. The van der Waals surface area contributed by atoms with Gasteiger partial charge in [0.25, 0.3) is 0 Å². The number of aryl methyl sites for hydroxylation is 2. The van der Waals surface area contributed by atoms with Crippen molar-refractivity contribution in [2.45, 2.75) is 26.8 Å². The summed E-state index contributed by atoms with van der Waals surface area (Å²) in [5, 5.41) is 2.98. The molecule has 4 heteroatoms. The summed E-state index contributed by atoms with van der Waals surface area (Å²) in [7, 11) is 1.95. The lowest BCUT2D eigenvalue weighted by Gasteiger charge is -2.24. The predicted octanol–water partition coefficient (Wildman–Crippen LogP) is 3.33. The fourth-order valence-electron chi connectivity index (χ4n) is 2.40. The number of likely N-dealkylation sites (N-methyl/N-ethyl adjacent to an activating group) is 1. The molecule has 2 aromatic rings. The first-order valence-electron chi connectivity index (χ1n) is 7.44. The Hall–Kier alpha value is -2.20. The average Bonchev–Trinajstić information content (AvgIpc) is 2.50. The topological polar surface area (TPSA) is 45.2 Å². The fourth-order valence-corrected chi connectivity index (χ4v) is 2.40. The van der Waals surface area contributed by atoms with Crippen LogP contribution in [0.15, 0.2) is 42.7 Å². The number of hydrogen-bond acceptors (Lipinski definition) is 3. The molecule has 0 radical (unpaired) electrons. The average molecular weight is 297 g/mol. The molecule has 0 spiro atoms. The molecule has 1 heterocycles. The van der Waals surface area contributed by atoms with Gasteiger partial charge in [0.2, 0.25) is 5.91 Å². The number of anilines is 1. The van der Waals surface area contributed by atoms with E-state index in [0.717, 1.165) is 16.8 Å². The summed E-state index contributed by atoms with van der Waals surface area (Å²) in [4.78, 5) is 18.3. The normalized spacial score (nSPS) is 12.2. The van der Waals surface area contributed by atoms with E-state index in [9.17, 15) is 4.79 Å². The molecule has 0 saturated carbocycles. The summed E-state index contributed by atoms with van der Waals surface area (Å²) in [6.45, 7) is 6.48. The second-order valence-electron chi connectivity index (χ2n) is 5.74. The summed E-state index contributed by atoms with van der Waals surface area (Å²) < 4.78 is 0. The van der Waals surface area contributed by atoms with Crippen LogP contribution >= 0.6 is 0 Å². The molecule has 0 saturated heterocycles. The van der Waals surface area contributed by atoms with Gasteiger partial charge >= 0.3 is 0 Å². The Bertz CT molecular complexity index is 640. The lowest BCUT2D eigenvalue weighted by Crippen LogP contribution is -2.32. The Kier molecular flexibility index (Phi) is 5.28. The maximum Gasteiger partial charge on any atom is 0.238 e. The molecule has 1 atom stereocenters. The Labute approximate surface area is 132 Å². The first-order chi connectivity index (χ1) is 10.5. The van der Waals surface area contributed by atoms with Gasteiger partial charge in [0, 0.05) is 24.1 Å². The molecule has 0 aliphatic carbocycles. The Morgan fingerprint density at radius 3 is 2.55 bits per heavy atom. The zero-order valence-corrected chi connectivity index (χ0v) is 13.6. The van der Waals surface area contributed by atoms with Crippen molar-refractivity contribution in [2.24, 2.45) is 0 Å². The SMILES string of the molecule is Cc1ccc(NC(=O)CN(C)[C@@H](C)c2ccncc2)c(C)c1. The van der Waals surface area contributed by atoms with Crippen molar-refractivity contribution in [3.05, 3.63) is 59.4 Å². The lowest BCUT2D eigenvalue weighted by atomic mass is 10.1. The fraction of sp³-hybridized carbons (Fsp3) is 0.333. The third-order valence-electron chi connectivity index (χ3n) is 3.90. The van der Waals surface area contributed by atoms with Crippen molar-refractivity contribution in [1.29, 1.82) is 0 Å². The maximum atomic E-state index is 12.2. The van der Waals surface area contributed by atoms with E-state index < -0.39 is 0 Å². The number of benzene rings is 1. The minimum atomic E-state index is -0.00430. The quantitative estimate of drug-likeness (QED) is 0.920. The van der Waals surface area contributed by atoms with Crippen molar-refractivity contribution in [3.8, 4) is 0 Å². The van der Waals surface area contributed by atoms with E-state index in [4.69, 9.17) is 0 Å². The molecular formula is C18H23N3O. The third kappa shape index (κ3) is 4.15. The van der Waals surface area contributed by atoms with Crippen LogP contribution < -0.4 is 5.32 Å². The van der Waals surface area contributed by atoms with E-state index in [2.05, 4.69) is 23.3 Å². The number of carbonyl (C=O) groups is 1. The molecule has 0 unspecified atom stereocenters. The summed E-state index contributed by atoms with van der Waals surface area (Å²) >= 11 is 0. The highest BCUT2D eigenvalue weighted by Crippen LogP contribution is 2.19. The second kappa shape index (κ2) is 7.18. The van der Waals surface area contributed by atoms with E-state index in [0.29, 0.717) is 6.54 Å².